The van der Waals surface area contributed by atoms with Crippen LogP contribution in [0.4, 0.5) is 20.2 Å². The number of benzene rings is 2. The fourth-order valence-electron chi connectivity index (χ4n) is 4.72. The van der Waals surface area contributed by atoms with Gasteiger partial charge in [0, 0.05) is 17.7 Å². The quantitative estimate of drug-likeness (QED) is 0.118. The molecular weight excluding hydrogens is 675 g/mol. The minimum Gasteiger partial charge on any atom is -0.619 e. The van der Waals surface area contributed by atoms with Crippen LogP contribution >= 0.6 is 23.2 Å². The Morgan fingerprint density at radius 2 is 1.80 bits per heavy atom. The normalized spacial score (nSPS) is 15.1. The Morgan fingerprint density at radius 3 is 2.43 bits per heavy atom. The fourth-order valence-corrected chi connectivity index (χ4v) is 5.88. The molecular formula is C29H25Cl2F2N3O9S. The number of anilines is 2. The summed E-state index contributed by atoms with van der Waals surface area (Å²) in [4.78, 5) is 39.8. The van der Waals surface area contributed by atoms with Crippen molar-refractivity contribution < 1.29 is 50.5 Å². The summed E-state index contributed by atoms with van der Waals surface area (Å²) < 4.78 is 68.2. The third kappa shape index (κ3) is 7.95. The molecule has 2 heterocycles. The first-order chi connectivity index (χ1) is 21.7. The van der Waals surface area contributed by atoms with Crippen LogP contribution in [0.5, 0.6) is 11.5 Å². The standard InChI is InChI=1S/C29H25Cl2F2N3O9S/c1-46(41,42)34-17-5-6-22-19(9-17)27(38)28(39)36(22)13-26(37)44-24(10-18-20(30)11-35(40)12-21(18)31)16-4-7-23(45-29(32)33)25(8-16)43-14-15-2-3-15/h4-9,11-12,15,24,29,34H,2-3,10,13-14H2,1H3/t24-/m0/s1. The van der Waals surface area contributed by atoms with Crippen LogP contribution in [0.1, 0.15) is 40.4 Å². The zero-order chi connectivity index (χ0) is 33.3. The molecule has 1 amide bonds. The average Bonchev–Trinajstić information content (AvgIpc) is 3.76. The molecule has 1 N–H and O–H groups in total. The summed E-state index contributed by atoms with van der Waals surface area (Å²) >= 11 is 12.6. The molecule has 1 aliphatic carbocycles. The number of carbonyl (C=O) groups is 3. The average molecular weight is 701 g/mol. The van der Waals surface area contributed by atoms with E-state index in [4.69, 9.17) is 32.7 Å². The number of esters is 1. The maximum absolute atomic E-state index is 13.3. The van der Waals surface area contributed by atoms with Crippen molar-refractivity contribution in [1.82, 2.24) is 0 Å². The van der Waals surface area contributed by atoms with Gasteiger partial charge < -0.3 is 19.4 Å². The highest BCUT2D eigenvalue weighted by Gasteiger charge is 2.38. The lowest BCUT2D eigenvalue weighted by Gasteiger charge is -2.23. The van der Waals surface area contributed by atoms with Gasteiger partial charge in [-0.15, -0.1) is 0 Å². The molecule has 1 aliphatic heterocycles. The van der Waals surface area contributed by atoms with Gasteiger partial charge in [-0.05, 0) is 54.7 Å². The second-order valence-corrected chi connectivity index (χ2v) is 13.2. The first-order valence-corrected chi connectivity index (χ1v) is 16.3. The monoisotopic (exact) mass is 699 g/mol. The molecule has 1 fully saturated rings. The van der Waals surface area contributed by atoms with E-state index in [1.165, 1.54) is 36.4 Å². The first kappa shape index (κ1) is 33.2. The molecule has 244 valence electrons. The SMILES string of the molecule is CS(=O)(=O)Nc1ccc2c(c1)C(=O)C(=O)N2CC(=O)O[C@@H](Cc1c(Cl)c[n+]([O-])cc1Cl)c1ccc(OC(F)F)c(OCC2CC2)c1. The molecule has 17 heteroatoms. The summed E-state index contributed by atoms with van der Waals surface area (Å²) in [6.07, 6.45) is 3.46. The Kier molecular flexibility index (Phi) is 9.56. The third-order valence-electron chi connectivity index (χ3n) is 7.01. The number of Topliss-reactive ketones (excluding diaryl/α,β-unsaturated/α-hetero) is 1. The number of rotatable bonds is 13. The largest absolute Gasteiger partial charge is 0.619 e. The Bertz CT molecular complexity index is 1800. The molecule has 2 aromatic carbocycles. The van der Waals surface area contributed by atoms with E-state index in [2.05, 4.69) is 9.46 Å². The van der Waals surface area contributed by atoms with E-state index in [9.17, 15) is 36.8 Å². The number of ether oxygens (including phenoxy) is 3. The van der Waals surface area contributed by atoms with Crippen molar-refractivity contribution >= 4 is 62.3 Å². The molecule has 1 saturated carbocycles. The van der Waals surface area contributed by atoms with Crippen molar-refractivity contribution in [2.75, 3.05) is 29.0 Å². The Hall–Kier alpha value is -4.21. The predicted octanol–water partition coefficient (Wildman–Crippen LogP) is 4.45. The number of aromatic nitrogens is 1. The highest BCUT2D eigenvalue weighted by Crippen LogP contribution is 2.38. The summed E-state index contributed by atoms with van der Waals surface area (Å²) in [5.74, 6) is -2.99. The molecule has 1 aromatic heterocycles. The number of alkyl halides is 2. The second kappa shape index (κ2) is 13.3. The van der Waals surface area contributed by atoms with Gasteiger partial charge in [-0.1, -0.05) is 29.3 Å². The maximum Gasteiger partial charge on any atom is 0.387 e. The van der Waals surface area contributed by atoms with Crippen molar-refractivity contribution in [1.29, 1.82) is 0 Å². The Balaban J connectivity index is 1.44. The van der Waals surface area contributed by atoms with Crippen molar-refractivity contribution in [3.8, 4) is 11.5 Å². The number of pyridine rings is 1. The molecule has 1 atom stereocenters. The number of hydrogen-bond acceptors (Lipinski definition) is 9. The maximum atomic E-state index is 13.3. The van der Waals surface area contributed by atoms with Gasteiger partial charge in [0.25, 0.3) is 11.7 Å². The zero-order valence-electron chi connectivity index (χ0n) is 23.9. The van der Waals surface area contributed by atoms with Crippen molar-refractivity contribution in [3.63, 3.8) is 0 Å². The molecule has 12 nitrogen and oxygen atoms in total. The first-order valence-electron chi connectivity index (χ1n) is 13.6. The van der Waals surface area contributed by atoms with Crippen LogP contribution in [0.15, 0.2) is 48.8 Å². The summed E-state index contributed by atoms with van der Waals surface area (Å²) in [5, 5.41) is 11.7. The molecule has 0 bridgehead atoms. The smallest absolute Gasteiger partial charge is 0.387 e. The van der Waals surface area contributed by atoms with Crippen LogP contribution in [0, 0.1) is 11.1 Å². The van der Waals surface area contributed by atoms with E-state index in [-0.39, 0.29) is 68.6 Å². The number of nitrogens with one attached hydrogen (secondary N) is 1. The van der Waals surface area contributed by atoms with Crippen molar-refractivity contribution in [3.05, 3.63) is 80.7 Å². The van der Waals surface area contributed by atoms with Gasteiger partial charge in [-0.25, -0.2) is 8.42 Å². The lowest BCUT2D eigenvalue weighted by atomic mass is 10.0. The molecule has 0 saturated heterocycles. The number of amides is 1. The van der Waals surface area contributed by atoms with Crippen LogP contribution < -0.4 is 23.8 Å². The van der Waals surface area contributed by atoms with E-state index in [1.807, 2.05) is 0 Å². The summed E-state index contributed by atoms with van der Waals surface area (Å²) in [6.45, 7) is -3.61. The highest BCUT2D eigenvalue weighted by molar-refractivity contribution is 7.92. The molecule has 5 rings (SSSR count). The van der Waals surface area contributed by atoms with Crippen LogP contribution in [-0.2, 0) is 30.8 Å². The number of ketones is 1. The lowest BCUT2D eigenvalue weighted by Crippen LogP contribution is -2.36. The van der Waals surface area contributed by atoms with E-state index in [0.29, 0.717) is 4.73 Å². The summed E-state index contributed by atoms with van der Waals surface area (Å²) in [5.41, 5.74) is 0.462. The zero-order valence-corrected chi connectivity index (χ0v) is 26.2. The van der Waals surface area contributed by atoms with E-state index < -0.39 is 46.9 Å². The molecule has 2 aliphatic rings. The van der Waals surface area contributed by atoms with Crippen LogP contribution in [-0.4, -0.2) is 52.1 Å². The number of carbonyl (C=O) groups excluding carboxylic acids is 3. The minimum absolute atomic E-state index is 0.0267. The van der Waals surface area contributed by atoms with Gasteiger partial charge >= 0.3 is 12.6 Å². The Morgan fingerprint density at radius 1 is 1.11 bits per heavy atom. The second-order valence-electron chi connectivity index (χ2n) is 10.6. The molecule has 3 aromatic rings. The predicted molar refractivity (Wildman–Crippen MR) is 161 cm³/mol. The number of nitrogens with zero attached hydrogens (tertiary/aromatic N) is 2. The molecule has 0 unspecified atom stereocenters. The number of hydrogen-bond donors (Lipinski definition) is 1. The Labute approximate surface area is 271 Å². The highest BCUT2D eigenvalue weighted by atomic mass is 35.5. The molecule has 0 spiro atoms. The van der Waals surface area contributed by atoms with Gasteiger partial charge in [-0.3, -0.25) is 24.0 Å². The fraction of sp³-hybridized carbons (Fsp3) is 0.310. The van der Waals surface area contributed by atoms with E-state index >= 15 is 0 Å². The van der Waals surface area contributed by atoms with E-state index in [1.54, 1.807) is 0 Å². The number of sulfonamides is 1. The van der Waals surface area contributed by atoms with Crippen molar-refractivity contribution in [2.24, 2.45) is 5.92 Å². The number of fused-ring (bicyclic) bond motifs is 1. The van der Waals surface area contributed by atoms with Gasteiger partial charge in [-0.2, -0.15) is 13.5 Å². The van der Waals surface area contributed by atoms with Crippen LogP contribution in [0.2, 0.25) is 10.0 Å². The van der Waals surface area contributed by atoms with Gasteiger partial charge in [0.15, 0.2) is 23.9 Å². The lowest BCUT2D eigenvalue weighted by molar-refractivity contribution is -0.605. The molecule has 0 radical (unpaired) electrons. The topological polar surface area (TPSA) is 155 Å². The van der Waals surface area contributed by atoms with Crippen molar-refractivity contribution in [2.45, 2.75) is 32.0 Å². The van der Waals surface area contributed by atoms with Gasteiger partial charge in [0.2, 0.25) is 10.0 Å². The number of halogens is 4. The van der Waals surface area contributed by atoms with Crippen LogP contribution in [0.25, 0.3) is 0 Å². The van der Waals surface area contributed by atoms with E-state index in [0.717, 1.165) is 36.4 Å². The molecule has 46 heavy (non-hydrogen) atoms. The summed E-state index contributed by atoms with van der Waals surface area (Å²) in [7, 11) is -3.67. The summed E-state index contributed by atoms with van der Waals surface area (Å²) in [6, 6.07) is 7.77. The van der Waals surface area contributed by atoms with Crippen LogP contribution in [0.3, 0.4) is 0 Å². The van der Waals surface area contributed by atoms with Gasteiger partial charge in [0.05, 0.1) is 24.1 Å². The van der Waals surface area contributed by atoms with Gasteiger partial charge in [0.1, 0.15) is 22.7 Å². The minimum atomic E-state index is -3.67. The third-order valence-corrected chi connectivity index (χ3v) is 8.27.